The summed E-state index contributed by atoms with van der Waals surface area (Å²) in [4.78, 5) is 9.20. The molecule has 1 unspecified atom stereocenters. The highest BCUT2D eigenvalue weighted by atomic mass is 32.2. The Labute approximate surface area is 165 Å². The van der Waals surface area contributed by atoms with Crippen molar-refractivity contribution in [1.82, 2.24) is 20.4 Å². The number of hydrogen-bond donors (Lipinski definition) is 2. The fourth-order valence-electron chi connectivity index (χ4n) is 3.94. The van der Waals surface area contributed by atoms with Crippen molar-refractivity contribution in [2.24, 2.45) is 10.9 Å². The van der Waals surface area contributed by atoms with E-state index in [9.17, 15) is 8.42 Å². The van der Waals surface area contributed by atoms with Gasteiger partial charge < -0.3 is 10.6 Å². The van der Waals surface area contributed by atoms with E-state index in [1.807, 2.05) is 0 Å². The van der Waals surface area contributed by atoms with Gasteiger partial charge in [-0.15, -0.1) is 0 Å². The van der Waals surface area contributed by atoms with Gasteiger partial charge in [-0.3, -0.25) is 14.8 Å². The van der Waals surface area contributed by atoms with Gasteiger partial charge in [0.1, 0.15) is 0 Å². The molecule has 158 valence electrons. The molecular formula is C19H39N5O2S. The van der Waals surface area contributed by atoms with Crippen LogP contribution >= 0.6 is 0 Å². The van der Waals surface area contributed by atoms with E-state index in [1.54, 1.807) is 7.05 Å². The molecule has 2 aliphatic heterocycles. The van der Waals surface area contributed by atoms with Crippen molar-refractivity contribution in [3.8, 4) is 0 Å². The van der Waals surface area contributed by atoms with Gasteiger partial charge >= 0.3 is 0 Å². The van der Waals surface area contributed by atoms with E-state index in [4.69, 9.17) is 0 Å². The first kappa shape index (κ1) is 22.4. The first-order valence-electron chi connectivity index (χ1n) is 10.5. The second-order valence-corrected chi connectivity index (χ2v) is 10.4. The monoisotopic (exact) mass is 401 g/mol. The third-order valence-corrected chi connectivity index (χ3v) is 7.35. The molecule has 0 saturated carbocycles. The molecule has 27 heavy (non-hydrogen) atoms. The zero-order valence-corrected chi connectivity index (χ0v) is 18.2. The zero-order chi connectivity index (χ0) is 19.7. The average molecular weight is 402 g/mol. The SMILES string of the molecule is CN=C(NCCN1CCS(=O)(=O)CC1)NCC(C(C)C)N1CCCCCC1. The maximum absolute atomic E-state index is 11.5. The minimum atomic E-state index is -2.80. The van der Waals surface area contributed by atoms with Crippen molar-refractivity contribution in [3.63, 3.8) is 0 Å². The summed E-state index contributed by atoms with van der Waals surface area (Å²) in [6, 6.07) is 0.522. The molecule has 2 aliphatic rings. The van der Waals surface area contributed by atoms with Crippen LogP contribution in [0.1, 0.15) is 39.5 Å². The van der Waals surface area contributed by atoms with Crippen molar-refractivity contribution in [3.05, 3.63) is 0 Å². The molecule has 2 fully saturated rings. The summed E-state index contributed by atoms with van der Waals surface area (Å²) in [5, 5.41) is 6.88. The molecule has 2 saturated heterocycles. The Morgan fingerprint density at radius 3 is 2.19 bits per heavy atom. The number of nitrogens with zero attached hydrogens (tertiary/aromatic N) is 3. The topological polar surface area (TPSA) is 77.0 Å². The van der Waals surface area contributed by atoms with Gasteiger partial charge in [0.05, 0.1) is 11.5 Å². The standard InChI is InChI=1S/C19H39N5O2S/c1-17(2)18(24-9-6-4-5-7-10-24)16-22-19(20-3)21-8-11-23-12-14-27(25,26)15-13-23/h17-18H,4-16H2,1-3H3,(H2,20,21,22). The summed E-state index contributed by atoms with van der Waals surface area (Å²) < 4.78 is 23.0. The van der Waals surface area contributed by atoms with Crippen LogP contribution in [0, 0.1) is 5.92 Å². The van der Waals surface area contributed by atoms with Gasteiger partial charge in [0.2, 0.25) is 0 Å². The lowest BCUT2D eigenvalue weighted by molar-refractivity contribution is 0.161. The lowest BCUT2D eigenvalue weighted by Gasteiger charge is -2.34. The minimum Gasteiger partial charge on any atom is -0.355 e. The summed E-state index contributed by atoms with van der Waals surface area (Å²) in [5.41, 5.74) is 0. The Balaban J connectivity index is 1.73. The molecule has 8 heteroatoms. The van der Waals surface area contributed by atoms with Crippen LogP contribution in [0.15, 0.2) is 4.99 Å². The number of rotatable bonds is 7. The first-order valence-corrected chi connectivity index (χ1v) is 12.3. The molecule has 0 aromatic heterocycles. The number of guanidine groups is 1. The average Bonchev–Trinajstić information content (AvgIpc) is 2.91. The molecule has 2 heterocycles. The lowest BCUT2D eigenvalue weighted by atomic mass is 10.0. The summed E-state index contributed by atoms with van der Waals surface area (Å²) in [7, 11) is -1.000. The number of likely N-dealkylation sites (tertiary alicyclic amines) is 1. The van der Waals surface area contributed by atoms with Crippen molar-refractivity contribution < 1.29 is 8.42 Å². The predicted molar refractivity (Wildman–Crippen MR) is 113 cm³/mol. The molecule has 0 aromatic carbocycles. The minimum absolute atomic E-state index is 0.284. The Kier molecular flexibility index (Phi) is 9.32. The van der Waals surface area contributed by atoms with Gasteiger partial charge in [0, 0.05) is 45.8 Å². The fraction of sp³-hybridized carbons (Fsp3) is 0.947. The molecule has 7 nitrogen and oxygen atoms in total. The predicted octanol–water partition coefficient (Wildman–Crippen LogP) is 0.782. The molecular weight excluding hydrogens is 362 g/mol. The summed E-state index contributed by atoms with van der Waals surface area (Å²) in [6.07, 6.45) is 5.33. The van der Waals surface area contributed by atoms with E-state index in [-0.39, 0.29) is 11.5 Å². The third-order valence-electron chi connectivity index (χ3n) is 5.74. The van der Waals surface area contributed by atoms with E-state index < -0.39 is 9.84 Å². The first-order chi connectivity index (χ1) is 12.9. The van der Waals surface area contributed by atoms with E-state index in [0.717, 1.165) is 25.6 Å². The quantitative estimate of drug-likeness (QED) is 0.485. The Bertz CT molecular complexity index is 542. The smallest absolute Gasteiger partial charge is 0.191 e. The number of hydrogen-bond acceptors (Lipinski definition) is 5. The molecule has 1 atom stereocenters. The highest BCUT2D eigenvalue weighted by Crippen LogP contribution is 2.17. The molecule has 0 aliphatic carbocycles. The summed E-state index contributed by atoms with van der Waals surface area (Å²) in [5.74, 6) is 2.00. The normalized spacial score (nSPS) is 23.8. The van der Waals surface area contributed by atoms with Crippen LogP contribution in [0.2, 0.25) is 0 Å². The third kappa shape index (κ3) is 7.95. The van der Waals surface area contributed by atoms with Crippen LogP contribution < -0.4 is 10.6 Å². The van der Waals surface area contributed by atoms with Crippen LogP contribution in [0.25, 0.3) is 0 Å². The van der Waals surface area contributed by atoms with E-state index in [0.29, 0.717) is 25.0 Å². The van der Waals surface area contributed by atoms with E-state index >= 15 is 0 Å². The van der Waals surface area contributed by atoms with Crippen LogP contribution in [-0.4, -0.2) is 94.6 Å². The van der Waals surface area contributed by atoms with Crippen molar-refractivity contribution >= 4 is 15.8 Å². The Morgan fingerprint density at radius 2 is 1.63 bits per heavy atom. The molecule has 2 N–H and O–H groups in total. The maximum atomic E-state index is 11.5. The maximum Gasteiger partial charge on any atom is 0.191 e. The van der Waals surface area contributed by atoms with Crippen molar-refractivity contribution in [2.75, 3.05) is 64.4 Å². The lowest BCUT2D eigenvalue weighted by Crippen LogP contribution is -2.51. The van der Waals surface area contributed by atoms with Gasteiger partial charge in [0.25, 0.3) is 0 Å². The van der Waals surface area contributed by atoms with Gasteiger partial charge in [0.15, 0.2) is 15.8 Å². The van der Waals surface area contributed by atoms with Crippen LogP contribution in [-0.2, 0) is 9.84 Å². The summed E-state index contributed by atoms with van der Waals surface area (Å²) >= 11 is 0. The Hall–Kier alpha value is -0.860. The second kappa shape index (κ2) is 11.2. The Morgan fingerprint density at radius 1 is 1.00 bits per heavy atom. The van der Waals surface area contributed by atoms with Gasteiger partial charge in [-0.2, -0.15) is 0 Å². The number of nitrogens with one attached hydrogen (secondary N) is 2. The van der Waals surface area contributed by atoms with Crippen LogP contribution in [0.5, 0.6) is 0 Å². The van der Waals surface area contributed by atoms with E-state index in [2.05, 4.69) is 39.3 Å². The zero-order valence-electron chi connectivity index (χ0n) is 17.4. The van der Waals surface area contributed by atoms with E-state index in [1.165, 1.54) is 38.8 Å². The largest absolute Gasteiger partial charge is 0.355 e. The molecule has 0 amide bonds. The highest BCUT2D eigenvalue weighted by molar-refractivity contribution is 7.91. The van der Waals surface area contributed by atoms with Crippen molar-refractivity contribution in [2.45, 2.75) is 45.6 Å². The molecule has 0 radical (unpaired) electrons. The van der Waals surface area contributed by atoms with Gasteiger partial charge in [-0.1, -0.05) is 26.7 Å². The van der Waals surface area contributed by atoms with Crippen LogP contribution in [0.3, 0.4) is 0 Å². The highest BCUT2D eigenvalue weighted by Gasteiger charge is 2.23. The summed E-state index contributed by atoms with van der Waals surface area (Å²) in [6.45, 7) is 10.8. The van der Waals surface area contributed by atoms with Gasteiger partial charge in [-0.25, -0.2) is 8.42 Å². The van der Waals surface area contributed by atoms with Crippen molar-refractivity contribution in [1.29, 1.82) is 0 Å². The fourth-order valence-corrected chi connectivity index (χ4v) is 5.22. The number of aliphatic imine (C=N–C) groups is 1. The molecule has 0 aromatic rings. The molecule has 0 bridgehead atoms. The van der Waals surface area contributed by atoms with Crippen LogP contribution in [0.4, 0.5) is 0 Å². The van der Waals surface area contributed by atoms with Gasteiger partial charge in [-0.05, 0) is 31.8 Å². The number of sulfone groups is 1. The molecule has 2 rings (SSSR count). The second-order valence-electron chi connectivity index (χ2n) is 8.13. The molecule has 0 spiro atoms.